The summed E-state index contributed by atoms with van der Waals surface area (Å²) in [7, 11) is 3.03. The lowest BCUT2D eigenvalue weighted by Crippen LogP contribution is -2.37. The van der Waals surface area contributed by atoms with E-state index in [1.54, 1.807) is 47.6 Å². The van der Waals surface area contributed by atoms with Crippen LogP contribution in [0.2, 0.25) is 0 Å². The lowest BCUT2D eigenvalue weighted by molar-refractivity contribution is -0.132. The maximum atomic E-state index is 13.1. The Hall–Kier alpha value is -4.08. The molecule has 0 atom stereocenters. The van der Waals surface area contributed by atoms with Gasteiger partial charge in [0, 0.05) is 64.9 Å². The van der Waals surface area contributed by atoms with Crippen LogP contribution >= 0.6 is 0 Å². The Labute approximate surface area is 189 Å². The number of rotatable bonds is 8. The molecule has 0 radical (unpaired) electrons. The van der Waals surface area contributed by atoms with Crippen LogP contribution in [-0.4, -0.2) is 39.5 Å². The third-order valence-corrected chi connectivity index (χ3v) is 5.58. The zero-order chi connectivity index (χ0) is 23.4. The van der Waals surface area contributed by atoms with E-state index in [-0.39, 0.29) is 5.91 Å². The van der Waals surface area contributed by atoms with Crippen molar-refractivity contribution < 1.29 is 4.79 Å². The average Bonchev–Trinajstić information content (AvgIpc) is 3.26. The van der Waals surface area contributed by atoms with E-state index in [1.807, 2.05) is 24.3 Å². The molecular formula is C23H25N7O3. The Morgan fingerprint density at radius 1 is 0.970 bits per heavy atom. The number of hydrogen-bond donors (Lipinski definition) is 0. The fourth-order valence-electron chi connectivity index (χ4n) is 3.78. The standard InChI is InChI=1S/C23H25N7O3/c1-27-21-20(22(32)28(2)23(27)33)29(16-26-21)12-4-6-19(31)30(14-17-7-10-24-11-8-17)15-18-5-3-9-25-13-18/h3,5,7-11,13,16H,4,6,12,14-15H2,1-2H3. The van der Waals surface area contributed by atoms with Crippen molar-refractivity contribution in [2.45, 2.75) is 32.5 Å². The minimum absolute atomic E-state index is 0.000360. The molecule has 33 heavy (non-hydrogen) atoms. The first-order chi connectivity index (χ1) is 16.0. The summed E-state index contributed by atoms with van der Waals surface area (Å²) in [4.78, 5) is 52.0. The SMILES string of the molecule is Cn1c(=O)c2c(ncn2CCCC(=O)N(Cc2ccncc2)Cc2cccnc2)n(C)c1=O. The normalized spacial score (nSPS) is 11.1. The maximum absolute atomic E-state index is 13.1. The van der Waals surface area contributed by atoms with E-state index in [1.165, 1.54) is 11.6 Å². The zero-order valence-corrected chi connectivity index (χ0v) is 18.6. The number of fused-ring (bicyclic) bond motifs is 1. The Kier molecular flexibility index (Phi) is 6.43. The highest BCUT2D eigenvalue weighted by Gasteiger charge is 2.17. The highest BCUT2D eigenvalue weighted by molar-refractivity contribution is 5.76. The molecule has 4 aromatic rings. The number of carbonyl (C=O) groups is 1. The molecule has 4 heterocycles. The molecule has 0 aliphatic carbocycles. The monoisotopic (exact) mass is 447 g/mol. The molecule has 0 aliphatic rings. The van der Waals surface area contributed by atoms with Crippen LogP contribution in [0, 0.1) is 0 Å². The van der Waals surface area contributed by atoms with Crippen LogP contribution in [0.15, 0.2) is 65.0 Å². The number of aromatic nitrogens is 6. The van der Waals surface area contributed by atoms with Gasteiger partial charge in [-0.1, -0.05) is 6.07 Å². The van der Waals surface area contributed by atoms with Gasteiger partial charge in [-0.2, -0.15) is 0 Å². The molecule has 0 aliphatic heterocycles. The second-order valence-electron chi connectivity index (χ2n) is 7.89. The first-order valence-corrected chi connectivity index (χ1v) is 10.6. The first kappa shape index (κ1) is 22.1. The minimum Gasteiger partial charge on any atom is -0.334 e. The summed E-state index contributed by atoms with van der Waals surface area (Å²) in [6.07, 6.45) is 9.24. The molecule has 0 N–H and O–H groups in total. The van der Waals surface area contributed by atoms with Crippen molar-refractivity contribution in [1.82, 2.24) is 33.6 Å². The second kappa shape index (κ2) is 9.60. The fourth-order valence-corrected chi connectivity index (χ4v) is 3.78. The van der Waals surface area contributed by atoms with Crippen LogP contribution in [0.25, 0.3) is 11.2 Å². The predicted octanol–water partition coefficient (Wildman–Crippen LogP) is 1.23. The summed E-state index contributed by atoms with van der Waals surface area (Å²) < 4.78 is 4.12. The molecule has 170 valence electrons. The van der Waals surface area contributed by atoms with Crippen molar-refractivity contribution in [3.05, 3.63) is 87.3 Å². The van der Waals surface area contributed by atoms with Crippen LogP contribution in [0.5, 0.6) is 0 Å². The van der Waals surface area contributed by atoms with Crippen LogP contribution in [-0.2, 0) is 38.5 Å². The quantitative estimate of drug-likeness (QED) is 0.402. The Morgan fingerprint density at radius 3 is 2.45 bits per heavy atom. The van der Waals surface area contributed by atoms with Gasteiger partial charge in [0.25, 0.3) is 5.56 Å². The molecule has 4 aromatic heterocycles. The second-order valence-corrected chi connectivity index (χ2v) is 7.89. The molecule has 0 unspecified atom stereocenters. The van der Waals surface area contributed by atoms with Gasteiger partial charge in [-0.3, -0.25) is 28.7 Å². The Bertz CT molecular complexity index is 1330. The molecule has 0 spiro atoms. The number of pyridine rings is 2. The maximum Gasteiger partial charge on any atom is 0.332 e. The van der Waals surface area contributed by atoms with Crippen molar-refractivity contribution in [2.24, 2.45) is 14.1 Å². The number of nitrogens with zero attached hydrogens (tertiary/aromatic N) is 7. The summed E-state index contributed by atoms with van der Waals surface area (Å²) in [6, 6.07) is 7.57. The number of amides is 1. The Balaban J connectivity index is 1.48. The highest BCUT2D eigenvalue weighted by atomic mass is 16.2. The lowest BCUT2D eigenvalue weighted by atomic mass is 10.2. The van der Waals surface area contributed by atoms with Crippen LogP contribution in [0.3, 0.4) is 0 Å². The lowest BCUT2D eigenvalue weighted by Gasteiger charge is -2.23. The minimum atomic E-state index is -0.421. The van der Waals surface area contributed by atoms with E-state index in [9.17, 15) is 14.4 Å². The summed E-state index contributed by atoms with van der Waals surface area (Å²) >= 11 is 0. The molecule has 1 amide bonds. The third-order valence-electron chi connectivity index (χ3n) is 5.58. The largest absolute Gasteiger partial charge is 0.334 e. The van der Waals surface area contributed by atoms with Gasteiger partial charge in [0.1, 0.15) is 0 Å². The number of aryl methyl sites for hydroxylation is 2. The van der Waals surface area contributed by atoms with Crippen molar-refractivity contribution in [3.8, 4) is 0 Å². The molecule has 10 nitrogen and oxygen atoms in total. The van der Waals surface area contributed by atoms with Crippen molar-refractivity contribution in [1.29, 1.82) is 0 Å². The van der Waals surface area contributed by atoms with E-state index in [4.69, 9.17) is 0 Å². The van der Waals surface area contributed by atoms with Gasteiger partial charge in [0.2, 0.25) is 5.91 Å². The molecule has 4 rings (SSSR count). The van der Waals surface area contributed by atoms with Crippen molar-refractivity contribution in [2.75, 3.05) is 0 Å². The number of carbonyl (C=O) groups excluding carboxylic acids is 1. The summed E-state index contributed by atoms with van der Waals surface area (Å²) in [5.41, 5.74) is 1.82. The molecule has 0 bridgehead atoms. The van der Waals surface area contributed by atoms with E-state index in [0.29, 0.717) is 43.6 Å². The van der Waals surface area contributed by atoms with Crippen LogP contribution < -0.4 is 11.2 Å². The molecule has 0 aromatic carbocycles. The predicted molar refractivity (Wildman–Crippen MR) is 122 cm³/mol. The van der Waals surface area contributed by atoms with Gasteiger partial charge in [-0.05, 0) is 35.7 Å². The number of imidazole rings is 1. The smallest absolute Gasteiger partial charge is 0.332 e. The average molecular weight is 447 g/mol. The van der Waals surface area contributed by atoms with Gasteiger partial charge in [-0.25, -0.2) is 9.78 Å². The molecular weight excluding hydrogens is 422 g/mol. The van der Waals surface area contributed by atoms with Gasteiger partial charge in [-0.15, -0.1) is 0 Å². The molecule has 0 saturated heterocycles. The molecule has 10 heteroatoms. The highest BCUT2D eigenvalue weighted by Crippen LogP contribution is 2.13. The van der Waals surface area contributed by atoms with Crippen LogP contribution in [0.1, 0.15) is 24.0 Å². The van der Waals surface area contributed by atoms with Gasteiger partial charge in [0.05, 0.1) is 6.33 Å². The van der Waals surface area contributed by atoms with Gasteiger partial charge >= 0.3 is 5.69 Å². The molecule has 0 saturated carbocycles. The fraction of sp³-hybridized carbons (Fsp3) is 0.304. The summed E-state index contributed by atoms with van der Waals surface area (Å²) in [6.45, 7) is 1.35. The third kappa shape index (κ3) is 4.74. The van der Waals surface area contributed by atoms with E-state index >= 15 is 0 Å². The summed E-state index contributed by atoms with van der Waals surface area (Å²) in [5, 5.41) is 0. The topological polar surface area (TPSA) is 108 Å². The van der Waals surface area contributed by atoms with Crippen LogP contribution in [0.4, 0.5) is 0 Å². The first-order valence-electron chi connectivity index (χ1n) is 10.6. The van der Waals surface area contributed by atoms with Gasteiger partial charge in [0.15, 0.2) is 11.2 Å². The van der Waals surface area contributed by atoms with Gasteiger partial charge < -0.3 is 9.47 Å². The summed E-state index contributed by atoms with van der Waals surface area (Å²) in [5.74, 6) is 0.000360. The van der Waals surface area contributed by atoms with E-state index < -0.39 is 11.2 Å². The van der Waals surface area contributed by atoms with E-state index in [2.05, 4.69) is 15.0 Å². The van der Waals surface area contributed by atoms with E-state index in [0.717, 1.165) is 15.7 Å². The van der Waals surface area contributed by atoms with Crippen molar-refractivity contribution >= 4 is 17.1 Å². The molecule has 0 fully saturated rings. The van der Waals surface area contributed by atoms with Crippen molar-refractivity contribution in [3.63, 3.8) is 0 Å². The Morgan fingerprint density at radius 2 is 1.73 bits per heavy atom. The number of hydrogen-bond acceptors (Lipinski definition) is 6. The zero-order valence-electron chi connectivity index (χ0n) is 18.6.